The fourth-order valence-electron chi connectivity index (χ4n) is 2.57. The molecule has 0 aliphatic heterocycles. The van der Waals surface area contributed by atoms with E-state index in [1.54, 1.807) is 0 Å². The van der Waals surface area contributed by atoms with E-state index in [0.29, 0.717) is 18.1 Å². The van der Waals surface area contributed by atoms with Gasteiger partial charge in [-0.3, -0.25) is 0 Å². The maximum atomic E-state index is 9.75. The molecule has 0 aliphatic rings. The van der Waals surface area contributed by atoms with Crippen molar-refractivity contribution in [2.45, 2.75) is 99.2 Å². The molecule has 3 N–H and O–H groups in total. The van der Waals surface area contributed by atoms with Gasteiger partial charge in [-0.2, -0.15) is 0 Å². The lowest BCUT2D eigenvalue weighted by Crippen LogP contribution is -2.53. The van der Waals surface area contributed by atoms with E-state index in [0.717, 1.165) is 13.1 Å². The highest BCUT2D eigenvalue weighted by atomic mass is 31.2. The number of unbranched alkanes of at least 4 members (excludes halogenated alkanes) is 2. The van der Waals surface area contributed by atoms with E-state index < -0.39 is 15.1 Å². The number of hydrogen-bond acceptors (Lipinski definition) is 4. The summed E-state index contributed by atoms with van der Waals surface area (Å²) < 4.78 is 41.7. The highest BCUT2D eigenvalue weighted by Crippen LogP contribution is 2.51. The normalized spacial score (nSPS) is 12.9. The molecule has 0 aromatic heterocycles. The second-order valence-corrected chi connectivity index (χ2v) is 10.3. The van der Waals surface area contributed by atoms with Gasteiger partial charge in [0.2, 0.25) is 0 Å². The van der Waals surface area contributed by atoms with Crippen molar-refractivity contribution in [1.29, 1.82) is 0 Å². The lowest BCUT2D eigenvalue weighted by atomic mass is 10.3. The van der Waals surface area contributed by atoms with Crippen LogP contribution in [0.25, 0.3) is 0 Å². The fraction of sp³-hybridized carbons (Fsp3) is 1.00. The Balaban J connectivity index is 0. The Morgan fingerprint density at radius 1 is 0.704 bits per heavy atom. The van der Waals surface area contributed by atoms with E-state index in [4.69, 9.17) is 0 Å². The molecule has 166 valence electrons. The molecule has 0 atom stereocenters. The average Bonchev–Trinajstić information content (AvgIpc) is 2.43. The van der Waals surface area contributed by atoms with Gasteiger partial charge in [0.15, 0.2) is 0 Å². The molecule has 0 aliphatic carbocycles. The maximum absolute atomic E-state index is 9.75. The third-order valence-electron chi connectivity index (χ3n) is 3.30. The Hall–Kier alpha value is 0.0549. The Kier molecular flexibility index (Phi) is 16.2. The first-order valence-electron chi connectivity index (χ1n) is 10.1. The van der Waals surface area contributed by atoms with Crippen molar-refractivity contribution in [1.82, 2.24) is 19.9 Å². The van der Waals surface area contributed by atoms with Crippen LogP contribution in [0.4, 0.5) is 17.3 Å². The topological polar surface area (TPSA) is 39.3 Å². The molecule has 0 spiro atoms. The van der Waals surface area contributed by atoms with Crippen LogP contribution in [0.2, 0.25) is 0 Å². The SMILES string of the molecule is CCCCN(CCCC)[P+](NC(C)C)(NC(C)C)NC(C)C.F[B-](F)(F)F. The largest absolute Gasteiger partial charge is 0.673 e. The zero-order valence-corrected chi connectivity index (χ0v) is 19.4. The summed E-state index contributed by atoms with van der Waals surface area (Å²) in [6.45, 7) is 20.3. The summed E-state index contributed by atoms with van der Waals surface area (Å²) in [6.07, 6.45) is 5.00. The number of nitrogens with one attached hydrogen (secondary N) is 3. The van der Waals surface area contributed by atoms with E-state index in [2.05, 4.69) is 75.3 Å². The van der Waals surface area contributed by atoms with Gasteiger partial charge in [-0.25, -0.2) is 0 Å². The summed E-state index contributed by atoms with van der Waals surface area (Å²) in [5, 5.41) is 11.7. The molecule has 0 amide bonds. The Morgan fingerprint density at radius 3 is 1.15 bits per heavy atom. The highest BCUT2D eigenvalue weighted by molar-refractivity contribution is 7.67. The third kappa shape index (κ3) is 17.9. The zero-order chi connectivity index (χ0) is 21.7. The molecular formula is C17H42BF4N4P. The summed E-state index contributed by atoms with van der Waals surface area (Å²) in [5.74, 6) is 0. The van der Waals surface area contributed by atoms with Crippen molar-refractivity contribution in [3.05, 3.63) is 0 Å². The molecule has 27 heavy (non-hydrogen) atoms. The smallest absolute Gasteiger partial charge is 0.418 e. The van der Waals surface area contributed by atoms with Crippen LogP contribution in [0.1, 0.15) is 81.1 Å². The van der Waals surface area contributed by atoms with Gasteiger partial charge in [0.25, 0.3) is 0 Å². The fourth-order valence-corrected chi connectivity index (χ4v) is 6.41. The van der Waals surface area contributed by atoms with Crippen LogP contribution in [0, 0.1) is 0 Å². The van der Waals surface area contributed by atoms with Gasteiger partial charge >= 0.3 is 15.1 Å². The molecule has 0 rings (SSSR count). The first-order valence-corrected chi connectivity index (χ1v) is 11.9. The van der Waals surface area contributed by atoms with Gasteiger partial charge < -0.3 is 17.3 Å². The predicted molar refractivity (Wildman–Crippen MR) is 113 cm³/mol. The molecule has 0 saturated heterocycles. The number of hydrogen-bond donors (Lipinski definition) is 3. The Morgan fingerprint density at radius 2 is 0.963 bits per heavy atom. The maximum Gasteiger partial charge on any atom is 0.673 e. The number of nitrogens with zero attached hydrogens (tertiary/aromatic N) is 1. The third-order valence-corrected chi connectivity index (χ3v) is 7.22. The van der Waals surface area contributed by atoms with Gasteiger partial charge in [-0.1, -0.05) is 26.7 Å². The standard InChI is InChI=1S/C17H42N4P.BF4/c1-9-11-13-21(14-12-10-2)22(18-15(3)4,19-16(5)6)20-17(7)8;2-1(3,4)5/h15-20H,9-14H2,1-8H3;/q+1;-1. The first kappa shape index (κ1) is 29.3. The van der Waals surface area contributed by atoms with E-state index in [9.17, 15) is 17.3 Å². The molecular weight excluding hydrogens is 378 g/mol. The van der Waals surface area contributed by atoms with Gasteiger partial charge in [0.1, 0.15) is 0 Å². The van der Waals surface area contributed by atoms with Crippen LogP contribution >= 0.6 is 7.87 Å². The van der Waals surface area contributed by atoms with Crippen LogP contribution in [0.3, 0.4) is 0 Å². The summed E-state index contributed by atoms with van der Waals surface area (Å²) in [6, 6.07) is 1.37. The molecule has 4 nitrogen and oxygen atoms in total. The van der Waals surface area contributed by atoms with Gasteiger partial charge in [0, 0.05) is 31.2 Å². The minimum absolute atomic E-state index is 0.455. The van der Waals surface area contributed by atoms with E-state index >= 15 is 0 Å². The predicted octanol–water partition coefficient (Wildman–Crippen LogP) is 5.86. The summed E-state index contributed by atoms with van der Waals surface area (Å²) >= 11 is 0. The Labute approximate surface area is 165 Å². The summed E-state index contributed by atoms with van der Waals surface area (Å²) in [7, 11) is -7.75. The molecule has 0 heterocycles. The van der Waals surface area contributed by atoms with Crippen LogP contribution in [-0.4, -0.2) is 43.1 Å². The molecule has 0 aromatic carbocycles. The van der Waals surface area contributed by atoms with E-state index in [1.807, 2.05) is 0 Å². The van der Waals surface area contributed by atoms with Crippen LogP contribution < -0.4 is 15.3 Å². The number of halogens is 4. The van der Waals surface area contributed by atoms with Crippen LogP contribution in [-0.2, 0) is 0 Å². The zero-order valence-electron chi connectivity index (χ0n) is 18.5. The molecule has 0 unspecified atom stereocenters. The van der Waals surface area contributed by atoms with Crippen molar-refractivity contribution in [2.24, 2.45) is 0 Å². The summed E-state index contributed by atoms with van der Waals surface area (Å²) in [4.78, 5) is 0. The molecule has 0 radical (unpaired) electrons. The van der Waals surface area contributed by atoms with Gasteiger partial charge in [0.05, 0.1) is 0 Å². The van der Waals surface area contributed by atoms with Crippen molar-refractivity contribution < 1.29 is 17.3 Å². The molecule has 0 fully saturated rings. The molecule has 0 bridgehead atoms. The van der Waals surface area contributed by atoms with Crippen molar-refractivity contribution in [2.75, 3.05) is 13.1 Å². The van der Waals surface area contributed by atoms with Crippen molar-refractivity contribution >= 4 is 15.1 Å². The monoisotopic (exact) mass is 420 g/mol. The van der Waals surface area contributed by atoms with Crippen molar-refractivity contribution in [3.8, 4) is 0 Å². The molecule has 10 heteroatoms. The van der Waals surface area contributed by atoms with Gasteiger partial charge in [-0.15, -0.1) is 19.9 Å². The summed E-state index contributed by atoms with van der Waals surface area (Å²) in [5.41, 5.74) is 0. The minimum atomic E-state index is -6.00. The first-order chi connectivity index (χ1) is 12.3. The highest BCUT2D eigenvalue weighted by Gasteiger charge is 2.47. The lowest BCUT2D eigenvalue weighted by Gasteiger charge is -2.39. The lowest BCUT2D eigenvalue weighted by molar-refractivity contribution is 0.368. The van der Waals surface area contributed by atoms with Crippen molar-refractivity contribution in [3.63, 3.8) is 0 Å². The van der Waals surface area contributed by atoms with E-state index in [-0.39, 0.29) is 0 Å². The average molecular weight is 420 g/mol. The Bertz CT molecular complexity index is 318. The second-order valence-electron chi connectivity index (χ2n) is 7.64. The minimum Gasteiger partial charge on any atom is -0.418 e. The van der Waals surface area contributed by atoms with Crippen LogP contribution in [0.5, 0.6) is 0 Å². The van der Waals surface area contributed by atoms with E-state index in [1.165, 1.54) is 25.7 Å². The molecule has 0 aromatic rings. The second kappa shape index (κ2) is 15.0. The molecule has 0 saturated carbocycles. The number of rotatable bonds is 13. The van der Waals surface area contributed by atoms with Gasteiger partial charge in [-0.05, 0) is 54.4 Å². The van der Waals surface area contributed by atoms with Crippen LogP contribution in [0.15, 0.2) is 0 Å². The quantitative estimate of drug-likeness (QED) is 0.198.